The third-order valence-electron chi connectivity index (χ3n) is 3.62. The molecular weight excluding hydrogens is 427 g/mol. The summed E-state index contributed by atoms with van der Waals surface area (Å²) < 4.78 is 93.8. The lowest BCUT2D eigenvalue weighted by Crippen LogP contribution is -2.36. The molecule has 1 aromatic rings. The Morgan fingerprint density at radius 1 is 1.03 bits per heavy atom. The predicted octanol–water partition coefficient (Wildman–Crippen LogP) is 4.36. The second-order valence-corrected chi connectivity index (χ2v) is 5.68. The monoisotopic (exact) mass is 451 g/mol. The van der Waals surface area contributed by atoms with E-state index >= 15 is 0 Å². The van der Waals surface area contributed by atoms with Crippen molar-refractivity contribution < 1.29 is 50.8 Å². The molecular formula is C18H24F7NO4. The van der Waals surface area contributed by atoms with Crippen LogP contribution in [0, 0.1) is 0 Å². The number of rotatable bonds is 5. The number of benzene rings is 1. The molecule has 12 heteroatoms. The quantitative estimate of drug-likeness (QED) is 0.581. The Morgan fingerprint density at radius 2 is 1.50 bits per heavy atom. The fourth-order valence-electron chi connectivity index (χ4n) is 2.39. The molecule has 0 amide bonds. The molecule has 3 atom stereocenters. The first-order valence-corrected chi connectivity index (χ1v) is 8.81. The lowest BCUT2D eigenvalue weighted by atomic mass is 10.0. The molecule has 0 aromatic heterocycles. The minimum atomic E-state index is -4.91. The summed E-state index contributed by atoms with van der Waals surface area (Å²) in [5.74, 6) is -0.549. The Hall–Kier alpha value is -1.92. The third kappa shape index (κ3) is 8.44. The molecule has 1 heterocycles. The molecule has 174 valence electrons. The zero-order valence-electron chi connectivity index (χ0n) is 16.4. The number of aliphatic imine (C=N–C) groups is 1. The van der Waals surface area contributed by atoms with Crippen LogP contribution in [0.15, 0.2) is 23.2 Å². The fourth-order valence-corrected chi connectivity index (χ4v) is 2.39. The molecule has 0 saturated carbocycles. The highest BCUT2D eigenvalue weighted by Crippen LogP contribution is 2.30. The summed E-state index contributed by atoms with van der Waals surface area (Å²) in [7, 11) is 1.00. The van der Waals surface area contributed by atoms with Gasteiger partial charge in [-0.15, -0.1) is 0 Å². The maximum absolute atomic E-state index is 12.9. The minimum absolute atomic E-state index is 0.330. The molecule has 5 nitrogen and oxygen atoms in total. The van der Waals surface area contributed by atoms with Crippen LogP contribution in [0.1, 0.15) is 56.2 Å². The zero-order chi connectivity index (χ0) is 23.6. The first-order chi connectivity index (χ1) is 14.0. The average Bonchev–Trinajstić information content (AvgIpc) is 2.69. The summed E-state index contributed by atoms with van der Waals surface area (Å²) >= 11 is 0. The number of nitrogens with zero attached hydrogens (tertiary/aromatic N) is 1. The zero-order valence-corrected chi connectivity index (χ0v) is 16.4. The van der Waals surface area contributed by atoms with E-state index in [0.717, 1.165) is 19.2 Å². The van der Waals surface area contributed by atoms with E-state index in [-0.39, 0.29) is 12.0 Å². The maximum atomic E-state index is 12.9. The first kappa shape index (κ1) is 28.1. The Labute approximate surface area is 168 Å². The van der Waals surface area contributed by atoms with Gasteiger partial charge < -0.3 is 20.1 Å². The van der Waals surface area contributed by atoms with E-state index in [1.165, 1.54) is 0 Å². The van der Waals surface area contributed by atoms with Crippen LogP contribution in [0.25, 0.3) is 0 Å². The third-order valence-corrected chi connectivity index (χ3v) is 3.62. The van der Waals surface area contributed by atoms with Crippen molar-refractivity contribution in [1.29, 1.82) is 0 Å². The van der Waals surface area contributed by atoms with Crippen LogP contribution in [0.2, 0.25) is 0 Å². The lowest BCUT2D eigenvalue weighted by Gasteiger charge is -2.27. The van der Waals surface area contributed by atoms with Gasteiger partial charge in [-0.25, -0.2) is 22.6 Å². The molecule has 1 aromatic carbocycles. The normalized spacial score (nSPS) is 19.8. The van der Waals surface area contributed by atoms with E-state index in [1.807, 2.05) is 13.8 Å². The molecule has 0 radical (unpaired) electrons. The average molecular weight is 451 g/mol. The van der Waals surface area contributed by atoms with E-state index in [0.29, 0.717) is 6.07 Å². The number of aliphatic hydroxyl groups is 3. The van der Waals surface area contributed by atoms with Crippen LogP contribution in [-0.4, -0.2) is 52.9 Å². The van der Waals surface area contributed by atoms with Gasteiger partial charge in [0.2, 0.25) is 12.2 Å². The molecule has 0 bridgehead atoms. The number of hydrogen-bond donors (Lipinski definition) is 3. The van der Waals surface area contributed by atoms with Gasteiger partial charge in [-0.1, -0.05) is 13.8 Å². The van der Waals surface area contributed by atoms with Crippen molar-refractivity contribution in [3.63, 3.8) is 0 Å². The molecule has 3 unspecified atom stereocenters. The highest BCUT2D eigenvalue weighted by atomic mass is 19.4. The summed E-state index contributed by atoms with van der Waals surface area (Å²) in [6.45, 7) is 4.00. The van der Waals surface area contributed by atoms with Crippen LogP contribution in [-0.2, 0) is 4.74 Å². The second kappa shape index (κ2) is 12.7. The molecule has 2 rings (SSSR count). The van der Waals surface area contributed by atoms with Gasteiger partial charge in [0.15, 0.2) is 6.10 Å². The standard InChI is InChI=1S/C15H14F7NO3.C2H6.CH4O/c16-12(17)6-1-7(13(18)19)3-8(2-6)14-23-9(5-11(25)26-14)4-10(24)15(20,21)22;2*1-2/h1-3,9-13,24-25H,4-5H2;1-2H3;2H,1H3. The number of alkyl halides is 7. The summed E-state index contributed by atoms with van der Waals surface area (Å²) in [6, 6.07) is 0.939. The molecule has 3 N–H and O–H groups in total. The highest BCUT2D eigenvalue weighted by Gasteiger charge is 2.40. The Morgan fingerprint density at radius 3 is 1.90 bits per heavy atom. The Kier molecular flexibility index (Phi) is 11.9. The second-order valence-electron chi connectivity index (χ2n) is 5.68. The van der Waals surface area contributed by atoms with Gasteiger partial charge in [-0.2, -0.15) is 13.2 Å². The van der Waals surface area contributed by atoms with Crippen molar-refractivity contribution in [2.45, 2.75) is 64.2 Å². The molecule has 0 aliphatic carbocycles. The number of halogens is 7. The number of ether oxygens (including phenoxy) is 1. The fraction of sp³-hybridized carbons (Fsp3) is 0.611. The summed E-state index contributed by atoms with van der Waals surface area (Å²) in [5, 5.41) is 25.7. The lowest BCUT2D eigenvalue weighted by molar-refractivity contribution is -0.207. The van der Waals surface area contributed by atoms with E-state index in [1.54, 1.807) is 0 Å². The van der Waals surface area contributed by atoms with Crippen molar-refractivity contribution in [3.8, 4) is 0 Å². The van der Waals surface area contributed by atoms with Crippen LogP contribution < -0.4 is 0 Å². The smallest absolute Gasteiger partial charge is 0.414 e. The number of aliphatic hydroxyl groups excluding tert-OH is 3. The Balaban J connectivity index is 0.00000198. The molecule has 1 aliphatic heterocycles. The first-order valence-electron chi connectivity index (χ1n) is 8.81. The largest absolute Gasteiger partial charge is 0.448 e. The SMILES string of the molecule is CC.CO.OC1CC(CC(O)C(F)(F)F)N=C(c2cc(C(F)F)cc(C(F)F)c2)O1. The van der Waals surface area contributed by atoms with Crippen LogP contribution >= 0.6 is 0 Å². The highest BCUT2D eigenvalue weighted by molar-refractivity contribution is 5.95. The van der Waals surface area contributed by atoms with Crippen LogP contribution in [0.5, 0.6) is 0 Å². The minimum Gasteiger partial charge on any atom is -0.448 e. The molecule has 0 spiro atoms. The topological polar surface area (TPSA) is 82.3 Å². The molecule has 0 saturated heterocycles. The van der Waals surface area contributed by atoms with Gasteiger partial charge >= 0.3 is 6.18 Å². The van der Waals surface area contributed by atoms with E-state index < -0.39 is 60.9 Å². The van der Waals surface area contributed by atoms with Crippen molar-refractivity contribution in [2.24, 2.45) is 4.99 Å². The summed E-state index contributed by atoms with van der Waals surface area (Å²) in [6.07, 6.45) is -16.7. The van der Waals surface area contributed by atoms with Gasteiger partial charge in [0.25, 0.3) is 12.9 Å². The Bertz CT molecular complexity index is 642. The van der Waals surface area contributed by atoms with E-state index in [4.69, 9.17) is 14.9 Å². The van der Waals surface area contributed by atoms with E-state index in [2.05, 4.69) is 4.99 Å². The summed E-state index contributed by atoms with van der Waals surface area (Å²) in [4.78, 5) is 3.74. The molecule has 0 fully saturated rings. The maximum Gasteiger partial charge on any atom is 0.414 e. The van der Waals surface area contributed by atoms with Gasteiger partial charge in [0.05, 0.1) is 6.04 Å². The van der Waals surface area contributed by atoms with Crippen molar-refractivity contribution >= 4 is 5.90 Å². The van der Waals surface area contributed by atoms with Gasteiger partial charge in [-0.3, -0.25) is 0 Å². The number of hydrogen-bond acceptors (Lipinski definition) is 5. The van der Waals surface area contributed by atoms with Crippen LogP contribution in [0.4, 0.5) is 30.7 Å². The van der Waals surface area contributed by atoms with Gasteiger partial charge in [-0.05, 0) is 18.2 Å². The van der Waals surface area contributed by atoms with Gasteiger partial charge in [0, 0.05) is 36.6 Å². The van der Waals surface area contributed by atoms with Crippen molar-refractivity contribution in [2.75, 3.05) is 7.11 Å². The molecule has 1 aliphatic rings. The van der Waals surface area contributed by atoms with Gasteiger partial charge in [0.1, 0.15) is 0 Å². The summed E-state index contributed by atoms with van der Waals surface area (Å²) in [5.41, 5.74) is -1.84. The van der Waals surface area contributed by atoms with E-state index in [9.17, 15) is 35.8 Å². The molecule has 30 heavy (non-hydrogen) atoms. The van der Waals surface area contributed by atoms with Crippen molar-refractivity contribution in [3.05, 3.63) is 34.9 Å². The van der Waals surface area contributed by atoms with Crippen LogP contribution in [0.3, 0.4) is 0 Å². The van der Waals surface area contributed by atoms with Crippen molar-refractivity contribution in [1.82, 2.24) is 0 Å². The predicted molar refractivity (Wildman–Crippen MR) is 94.6 cm³/mol.